The minimum Gasteiger partial charge on any atom is -0.345 e. The van der Waals surface area contributed by atoms with E-state index in [1.165, 1.54) is 11.1 Å². The summed E-state index contributed by atoms with van der Waals surface area (Å²) in [7, 11) is -1.14. The SMILES string of the molecule is CCS(=O)c1ccccc1C(=O)NC1CCCc2ccccc21. The fourth-order valence-corrected chi connectivity index (χ4v) is 4.10. The molecule has 0 saturated heterocycles. The van der Waals surface area contributed by atoms with Crippen LogP contribution in [-0.2, 0) is 17.2 Å². The van der Waals surface area contributed by atoms with Crippen LogP contribution in [0.1, 0.15) is 47.3 Å². The lowest BCUT2D eigenvalue weighted by Gasteiger charge is -2.26. The predicted molar refractivity (Wildman–Crippen MR) is 93.0 cm³/mol. The maximum atomic E-state index is 12.7. The molecule has 3 nitrogen and oxygen atoms in total. The van der Waals surface area contributed by atoms with Crippen molar-refractivity contribution >= 4 is 16.7 Å². The summed E-state index contributed by atoms with van der Waals surface area (Å²) in [6.07, 6.45) is 3.09. The quantitative estimate of drug-likeness (QED) is 0.932. The molecule has 120 valence electrons. The third kappa shape index (κ3) is 3.37. The summed E-state index contributed by atoms with van der Waals surface area (Å²) in [5.74, 6) is 0.375. The Morgan fingerprint density at radius 1 is 1.17 bits per heavy atom. The Morgan fingerprint density at radius 2 is 1.91 bits per heavy atom. The molecule has 4 heteroatoms. The van der Waals surface area contributed by atoms with E-state index < -0.39 is 10.8 Å². The van der Waals surface area contributed by atoms with Crippen LogP contribution in [0.5, 0.6) is 0 Å². The summed E-state index contributed by atoms with van der Waals surface area (Å²) in [6, 6.07) is 15.5. The fourth-order valence-electron chi connectivity index (χ4n) is 3.15. The highest BCUT2D eigenvalue weighted by molar-refractivity contribution is 7.85. The van der Waals surface area contributed by atoms with Crippen LogP contribution < -0.4 is 5.32 Å². The van der Waals surface area contributed by atoms with Gasteiger partial charge in [-0.25, -0.2) is 0 Å². The summed E-state index contributed by atoms with van der Waals surface area (Å²) in [6.45, 7) is 1.86. The molecule has 1 N–H and O–H groups in total. The number of rotatable bonds is 4. The van der Waals surface area contributed by atoms with Crippen LogP contribution in [0.3, 0.4) is 0 Å². The van der Waals surface area contributed by atoms with Crippen molar-refractivity contribution in [3.05, 3.63) is 65.2 Å². The largest absolute Gasteiger partial charge is 0.345 e. The van der Waals surface area contributed by atoms with Gasteiger partial charge in [0, 0.05) is 5.75 Å². The summed E-state index contributed by atoms with van der Waals surface area (Å²) in [4.78, 5) is 13.3. The lowest BCUT2D eigenvalue weighted by Crippen LogP contribution is -2.31. The van der Waals surface area contributed by atoms with Crippen molar-refractivity contribution in [2.24, 2.45) is 0 Å². The molecular weight excluding hydrogens is 306 g/mol. The zero-order valence-corrected chi connectivity index (χ0v) is 14.1. The van der Waals surface area contributed by atoms with Gasteiger partial charge in [0.1, 0.15) is 0 Å². The van der Waals surface area contributed by atoms with E-state index >= 15 is 0 Å². The van der Waals surface area contributed by atoms with Crippen LogP contribution in [0.2, 0.25) is 0 Å². The molecule has 0 radical (unpaired) electrons. The molecule has 0 spiro atoms. The number of hydrogen-bond acceptors (Lipinski definition) is 2. The molecule has 0 aromatic heterocycles. The molecule has 1 aliphatic carbocycles. The van der Waals surface area contributed by atoms with Crippen LogP contribution >= 0.6 is 0 Å². The summed E-state index contributed by atoms with van der Waals surface area (Å²) in [5, 5.41) is 3.14. The fraction of sp³-hybridized carbons (Fsp3) is 0.316. The second-order valence-corrected chi connectivity index (χ2v) is 7.46. The van der Waals surface area contributed by atoms with Gasteiger partial charge in [0.2, 0.25) is 0 Å². The Hall–Kier alpha value is -1.94. The monoisotopic (exact) mass is 327 g/mol. The van der Waals surface area contributed by atoms with Crippen LogP contribution in [-0.4, -0.2) is 15.9 Å². The van der Waals surface area contributed by atoms with E-state index in [1.54, 1.807) is 12.1 Å². The smallest absolute Gasteiger partial charge is 0.252 e. The number of hydrogen-bond donors (Lipinski definition) is 1. The predicted octanol–water partition coefficient (Wildman–Crippen LogP) is 3.62. The first-order valence-corrected chi connectivity index (χ1v) is 9.38. The summed E-state index contributed by atoms with van der Waals surface area (Å²) in [5.41, 5.74) is 3.05. The van der Waals surface area contributed by atoms with Gasteiger partial charge in [0.15, 0.2) is 0 Å². The highest BCUT2D eigenvalue weighted by Gasteiger charge is 2.23. The van der Waals surface area contributed by atoms with Crippen molar-refractivity contribution < 1.29 is 9.00 Å². The topological polar surface area (TPSA) is 46.2 Å². The molecule has 1 amide bonds. The molecule has 0 saturated carbocycles. The van der Waals surface area contributed by atoms with Gasteiger partial charge in [0.05, 0.1) is 27.3 Å². The Labute approximate surface area is 139 Å². The number of nitrogens with one attached hydrogen (secondary N) is 1. The first-order valence-electron chi connectivity index (χ1n) is 8.06. The Bertz CT molecular complexity index is 742. The van der Waals surface area contributed by atoms with Crippen LogP contribution in [0.4, 0.5) is 0 Å². The van der Waals surface area contributed by atoms with E-state index in [0.717, 1.165) is 19.3 Å². The molecule has 0 heterocycles. The third-order valence-corrected chi connectivity index (χ3v) is 5.68. The highest BCUT2D eigenvalue weighted by atomic mass is 32.2. The number of amides is 1. The molecular formula is C19H21NO2S. The minimum atomic E-state index is -1.14. The van der Waals surface area contributed by atoms with E-state index in [9.17, 15) is 9.00 Å². The van der Waals surface area contributed by atoms with Crippen molar-refractivity contribution in [1.82, 2.24) is 5.32 Å². The number of carbonyl (C=O) groups excluding carboxylic acids is 1. The van der Waals surface area contributed by atoms with Crippen molar-refractivity contribution in [3.63, 3.8) is 0 Å². The molecule has 2 unspecified atom stereocenters. The maximum absolute atomic E-state index is 12.7. The standard InChI is InChI=1S/C19H21NO2S/c1-2-23(22)18-13-6-5-11-16(18)19(21)20-17-12-7-9-14-8-3-4-10-15(14)17/h3-6,8,10-11,13,17H,2,7,9,12H2,1H3,(H,20,21). The zero-order chi connectivity index (χ0) is 16.2. The van der Waals surface area contributed by atoms with E-state index in [2.05, 4.69) is 17.4 Å². The molecule has 3 rings (SSSR count). The number of benzene rings is 2. The van der Waals surface area contributed by atoms with E-state index in [1.807, 2.05) is 31.2 Å². The summed E-state index contributed by atoms with van der Waals surface area (Å²) < 4.78 is 12.2. The molecule has 2 aromatic carbocycles. The van der Waals surface area contributed by atoms with Gasteiger partial charge in [-0.15, -0.1) is 0 Å². The molecule has 0 aliphatic heterocycles. The van der Waals surface area contributed by atoms with Crippen LogP contribution in [0.15, 0.2) is 53.4 Å². The van der Waals surface area contributed by atoms with Gasteiger partial charge in [-0.05, 0) is 42.5 Å². The molecule has 0 bridgehead atoms. The first-order chi connectivity index (χ1) is 11.2. The average Bonchev–Trinajstić information content (AvgIpc) is 2.61. The second-order valence-electron chi connectivity index (χ2n) is 5.75. The lowest BCUT2D eigenvalue weighted by molar-refractivity contribution is 0.0929. The Balaban J connectivity index is 1.85. The maximum Gasteiger partial charge on any atom is 0.252 e. The zero-order valence-electron chi connectivity index (χ0n) is 13.2. The van der Waals surface area contributed by atoms with Gasteiger partial charge in [-0.3, -0.25) is 9.00 Å². The molecule has 1 aliphatic rings. The number of aryl methyl sites for hydroxylation is 1. The van der Waals surface area contributed by atoms with Crippen LogP contribution in [0, 0.1) is 0 Å². The lowest BCUT2D eigenvalue weighted by atomic mass is 9.87. The summed E-state index contributed by atoms with van der Waals surface area (Å²) >= 11 is 0. The Kier molecular flexibility index (Phi) is 4.91. The van der Waals surface area contributed by atoms with Crippen molar-refractivity contribution in [2.45, 2.75) is 37.1 Å². The molecule has 0 fully saturated rings. The van der Waals surface area contributed by atoms with Crippen molar-refractivity contribution in [1.29, 1.82) is 0 Å². The van der Waals surface area contributed by atoms with Crippen molar-refractivity contribution in [2.75, 3.05) is 5.75 Å². The average molecular weight is 327 g/mol. The second kappa shape index (κ2) is 7.09. The van der Waals surface area contributed by atoms with Gasteiger partial charge in [0.25, 0.3) is 5.91 Å². The van der Waals surface area contributed by atoms with E-state index in [-0.39, 0.29) is 11.9 Å². The van der Waals surface area contributed by atoms with E-state index in [0.29, 0.717) is 16.2 Å². The minimum absolute atomic E-state index is 0.0376. The molecule has 2 atom stereocenters. The van der Waals surface area contributed by atoms with E-state index in [4.69, 9.17) is 0 Å². The normalized spacial score (nSPS) is 18.0. The van der Waals surface area contributed by atoms with Gasteiger partial charge >= 0.3 is 0 Å². The third-order valence-electron chi connectivity index (χ3n) is 4.31. The van der Waals surface area contributed by atoms with Gasteiger partial charge in [-0.2, -0.15) is 0 Å². The molecule has 2 aromatic rings. The van der Waals surface area contributed by atoms with Crippen molar-refractivity contribution in [3.8, 4) is 0 Å². The highest BCUT2D eigenvalue weighted by Crippen LogP contribution is 2.30. The Morgan fingerprint density at radius 3 is 2.74 bits per heavy atom. The molecule has 23 heavy (non-hydrogen) atoms. The number of fused-ring (bicyclic) bond motifs is 1. The van der Waals surface area contributed by atoms with Gasteiger partial charge < -0.3 is 5.32 Å². The van der Waals surface area contributed by atoms with Crippen LogP contribution in [0.25, 0.3) is 0 Å². The van der Waals surface area contributed by atoms with Gasteiger partial charge in [-0.1, -0.05) is 43.3 Å². The first kappa shape index (κ1) is 15.9. The number of carbonyl (C=O) groups is 1.